The molecule has 1 aliphatic rings. The van der Waals surface area contributed by atoms with Gasteiger partial charge in [0.05, 0.1) is 12.2 Å². The van der Waals surface area contributed by atoms with Gasteiger partial charge in [0.2, 0.25) is 0 Å². The molecule has 0 bridgehead atoms. The second-order valence-corrected chi connectivity index (χ2v) is 2.36. The third kappa shape index (κ3) is 1.46. The van der Waals surface area contributed by atoms with E-state index >= 15 is 0 Å². The third-order valence-corrected chi connectivity index (χ3v) is 1.46. The van der Waals surface area contributed by atoms with E-state index in [-0.39, 0.29) is 12.2 Å². The molecule has 1 rings (SSSR count). The molecule has 1 saturated heterocycles. The molecule has 1 fully saturated rings. The number of aliphatic hydroxyl groups excluding tert-OH is 1. The molecule has 48 valence electrons. The van der Waals surface area contributed by atoms with Crippen LogP contribution in [-0.4, -0.2) is 23.9 Å². The van der Waals surface area contributed by atoms with Crippen molar-refractivity contribution < 1.29 is 9.84 Å². The fraction of sp³-hybridized carbons (Fsp3) is 1.00. The Hall–Kier alpha value is -0.0800. The van der Waals surface area contributed by atoms with Gasteiger partial charge in [0.25, 0.3) is 0 Å². The van der Waals surface area contributed by atoms with Crippen LogP contribution >= 0.6 is 0 Å². The SMILES string of the molecule is C[C@H]1C[C@H](O)CCO1. The number of hydrogen-bond donors (Lipinski definition) is 1. The molecule has 8 heavy (non-hydrogen) atoms. The standard InChI is InChI=1S/C6H12O2/c1-5-4-6(7)2-3-8-5/h5-7H,2-4H2,1H3/t5-,6+/m0/s1. The highest BCUT2D eigenvalue weighted by atomic mass is 16.5. The second-order valence-electron chi connectivity index (χ2n) is 2.36. The molecular weight excluding hydrogens is 104 g/mol. The summed E-state index contributed by atoms with van der Waals surface area (Å²) in [5.41, 5.74) is 0. The smallest absolute Gasteiger partial charge is 0.0586 e. The van der Waals surface area contributed by atoms with E-state index in [2.05, 4.69) is 0 Å². The van der Waals surface area contributed by atoms with Gasteiger partial charge in [0.15, 0.2) is 0 Å². The van der Waals surface area contributed by atoms with Crippen molar-refractivity contribution in [3.8, 4) is 0 Å². The minimum atomic E-state index is -0.112. The molecule has 0 unspecified atom stereocenters. The van der Waals surface area contributed by atoms with Gasteiger partial charge in [0, 0.05) is 6.61 Å². The summed E-state index contributed by atoms with van der Waals surface area (Å²) in [4.78, 5) is 0. The lowest BCUT2D eigenvalue weighted by Gasteiger charge is -2.22. The van der Waals surface area contributed by atoms with Gasteiger partial charge in [-0.25, -0.2) is 0 Å². The zero-order valence-electron chi connectivity index (χ0n) is 5.13. The van der Waals surface area contributed by atoms with Crippen LogP contribution in [-0.2, 0) is 4.74 Å². The van der Waals surface area contributed by atoms with Crippen LogP contribution in [0.25, 0.3) is 0 Å². The highest BCUT2D eigenvalue weighted by Gasteiger charge is 2.15. The summed E-state index contributed by atoms with van der Waals surface area (Å²) in [7, 11) is 0. The Morgan fingerprint density at radius 1 is 1.62 bits per heavy atom. The minimum absolute atomic E-state index is 0.112. The Morgan fingerprint density at radius 3 is 2.75 bits per heavy atom. The van der Waals surface area contributed by atoms with Gasteiger partial charge in [0.1, 0.15) is 0 Å². The average Bonchev–Trinajstić information content (AvgIpc) is 1.64. The van der Waals surface area contributed by atoms with Crippen molar-refractivity contribution in [1.29, 1.82) is 0 Å². The molecule has 1 heterocycles. The monoisotopic (exact) mass is 116 g/mol. The Morgan fingerprint density at radius 2 is 2.38 bits per heavy atom. The summed E-state index contributed by atoms with van der Waals surface area (Å²) >= 11 is 0. The average molecular weight is 116 g/mol. The molecule has 1 aliphatic heterocycles. The molecule has 2 nitrogen and oxygen atoms in total. The van der Waals surface area contributed by atoms with Crippen LogP contribution in [0.4, 0.5) is 0 Å². The van der Waals surface area contributed by atoms with Crippen LogP contribution < -0.4 is 0 Å². The summed E-state index contributed by atoms with van der Waals surface area (Å²) in [5, 5.41) is 9.00. The Labute approximate surface area is 49.5 Å². The van der Waals surface area contributed by atoms with Crippen LogP contribution in [0.1, 0.15) is 19.8 Å². The van der Waals surface area contributed by atoms with Gasteiger partial charge in [-0.2, -0.15) is 0 Å². The van der Waals surface area contributed by atoms with Crippen molar-refractivity contribution in [2.75, 3.05) is 6.61 Å². The lowest BCUT2D eigenvalue weighted by Crippen LogP contribution is -2.26. The van der Waals surface area contributed by atoms with E-state index < -0.39 is 0 Å². The predicted octanol–water partition coefficient (Wildman–Crippen LogP) is 0.546. The quantitative estimate of drug-likeness (QED) is 0.500. The van der Waals surface area contributed by atoms with Crippen molar-refractivity contribution >= 4 is 0 Å². The first kappa shape index (κ1) is 6.05. The van der Waals surface area contributed by atoms with E-state index in [1.54, 1.807) is 0 Å². The zero-order valence-corrected chi connectivity index (χ0v) is 5.13. The van der Waals surface area contributed by atoms with Crippen LogP contribution in [0.3, 0.4) is 0 Å². The van der Waals surface area contributed by atoms with Crippen molar-refractivity contribution in [3.05, 3.63) is 0 Å². The lowest BCUT2D eigenvalue weighted by molar-refractivity contribution is -0.0340. The molecule has 0 aromatic carbocycles. The molecular formula is C6H12O2. The maximum absolute atomic E-state index is 9.00. The molecule has 0 saturated carbocycles. The molecule has 1 N–H and O–H groups in total. The molecule has 0 aliphatic carbocycles. The molecule has 0 aromatic rings. The Bertz CT molecular complexity index is 64.9. The lowest BCUT2D eigenvalue weighted by atomic mass is 10.1. The van der Waals surface area contributed by atoms with Gasteiger partial charge in [-0.3, -0.25) is 0 Å². The first-order chi connectivity index (χ1) is 3.79. The number of ether oxygens (including phenoxy) is 1. The molecule has 0 radical (unpaired) electrons. The van der Waals surface area contributed by atoms with Gasteiger partial charge in [-0.05, 0) is 19.8 Å². The molecule has 0 spiro atoms. The number of aliphatic hydroxyl groups is 1. The summed E-state index contributed by atoms with van der Waals surface area (Å²) < 4.78 is 5.19. The first-order valence-corrected chi connectivity index (χ1v) is 3.08. The largest absolute Gasteiger partial charge is 0.393 e. The highest BCUT2D eigenvalue weighted by Crippen LogP contribution is 2.11. The van der Waals surface area contributed by atoms with Crippen LogP contribution in [0.2, 0.25) is 0 Å². The Kier molecular flexibility index (Phi) is 1.86. The van der Waals surface area contributed by atoms with E-state index in [4.69, 9.17) is 9.84 Å². The van der Waals surface area contributed by atoms with E-state index in [9.17, 15) is 0 Å². The third-order valence-electron chi connectivity index (χ3n) is 1.46. The van der Waals surface area contributed by atoms with Crippen molar-refractivity contribution in [1.82, 2.24) is 0 Å². The predicted molar refractivity (Wildman–Crippen MR) is 30.7 cm³/mol. The second kappa shape index (κ2) is 2.46. The maximum atomic E-state index is 9.00. The van der Waals surface area contributed by atoms with Crippen LogP contribution in [0.5, 0.6) is 0 Å². The highest BCUT2D eigenvalue weighted by molar-refractivity contribution is 4.65. The minimum Gasteiger partial charge on any atom is -0.393 e. The maximum Gasteiger partial charge on any atom is 0.0586 e. The molecule has 0 aromatic heterocycles. The summed E-state index contributed by atoms with van der Waals surface area (Å²) in [6.07, 6.45) is 1.77. The summed E-state index contributed by atoms with van der Waals surface area (Å²) in [5.74, 6) is 0. The van der Waals surface area contributed by atoms with Gasteiger partial charge < -0.3 is 9.84 Å². The van der Waals surface area contributed by atoms with E-state index in [1.807, 2.05) is 6.92 Å². The molecule has 2 atom stereocenters. The molecule has 0 amide bonds. The van der Waals surface area contributed by atoms with Crippen LogP contribution in [0.15, 0.2) is 0 Å². The zero-order chi connectivity index (χ0) is 5.98. The van der Waals surface area contributed by atoms with Gasteiger partial charge in [-0.1, -0.05) is 0 Å². The summed E-state index contributed by atoms with van der Waals surface area (Å²) in [6.45, 7) is 2.71. The normalized spacial score (nSPS) is 39.8. The Balaban J connectivity index is 2.23. The van der Waals surface area contributed by atoms with Crippen molar-refractivity contribution in [2.45, 2.75) is 32.0 Å². The fourth-order valence-electron chi connectivity index (χ4n) is 0.974. The first-order valence-electron chi connectivity index (χ1n) is 3.08. The van der Waals surface area contributed by atoms with Gasteiger partial charge >= 0.3 is 0 Å². The topological polar surface area (TPSA) is 29.5 Å². The van der Waals surface area contributed by atoms with E-state index in [1.165, 1.54) is 0 Å². The van der Waals surface area contributed by atoms with E-state index in [0.29, 0.717) is 0 Å². The van der Waals surface area contributed by atoms with Crippen molar-refractivity contribution in [2.24, 2.45) is 0 Å². The van der Waals surface area contributed by atoms with E-state index in [0.717, 1.165) is 19.4 Å². The van der Waals surface area contributed by atoms with Crippen LogP contribution in [0, 0.1) is 0 Å². The molecule has 2 heteroatoms. The fourth-order valence-corrected chi connectivity index (χ4v) is 0.974. The van der Waals surface area contributed by atoms with Gasteiger partial charge in [-0.15, -0.1) is 0 Å². The summed E-state index contributed by atoms with van der Waals surface area (Å²) in [6, 6.07) is 0. The number of hydrogen-bond acceptors (Lipinski definition) is 2. The van der Waals surface area contributed by atoms with Crippen molar-refractivity contribution in [3.63, 3.8) is 0 Å². The number of rotatable bonds is 0.